The van der Waals surface area contributed by atoms with Crippen molar-refractivity contribution in [3.05, 3.63) is 112 Å². The first kappa shape index (κ1) is 25.8. The van der Waals surface area contributed by atoms with E-state index in [1.165, 1.54) is 24.3 Å². The van der Waals surface area contributed by atoms with Crippen LogP contribution in [0.1, 0.15) is 34.2 Å². The second kappa shape index (κ2) is 9.63. The number of aliphatic hydroxyl groups is 1. The number of alkyl halides is 6. The summed E-state index contributed by atoms with van der Waals surface area (Å²) in [5.41, 5.74) is 4.57. The van der Waals surface area contributed by atoms with E-state index in [1.54, 1.807) is 18.2 Å². The van der Waals surface area contributed by atoms with E-state index in [9.17, 15) is 31.4 Å². The van der Waals surface area contributed by atoms with E-state index in [0.717, 1.165) is 29.8 Å². The minimum atomic E-state index is -4.56. The molecule has 36 heavy (non-hydrogen) atoms. The Bertz CT molecular complexity index is 1160. The largest absolute Gasteiger partial charge is 0.416 e. The van der Waals surface area contributed by atoms with Crippen LogP contribution in [-0.4, -0.2) is 23.1 Å². The lowest BCUT2D eigenvalue weighted by atomic mass is 9.77. The molecule has 0 spiro atoms. The highest BCUT2D eigenvalue weighted by Crippen LogP contribution is 2.42. The van der Waals surface area contributed by atoms with Gasteiger partial charge in [-0.3, -0.25) is 4.90 Å². The van der Waals surface area contributed by atoms with Gasteiger partial charge >= 0.3 is 12.4 Å². The number of hydrogen-bond acceptors (Lipinski definition) is 3. The third kappa shape index (κ3) is 5.42. The van der Waals surface area contributed by atoms with Crippen LogP contribution in [0.3, 0.4) is 0 Å². The van der Waals surface area contributed by atoms with Crippen molar-refractivity contribution in [3.8, 4) is 0 Å². The second-order valence-corrected chi connectivity index (χ2v) is 8.82. The van der Waals surface area contributed by atoms with Crippen LogP contribution < -0.4 is 5.73 Å². The predicted octanol–water partition coefficient (Wildman–Crippen LogP) is 6.37. The van der Waals surface area contributed by atoms with Crippen LogP contribution in [0.15, 0.2) is 84.4 Å². The fourth-order valence-corrected chi connectivity index (χ4v) is 4.40. The molecular weight excluding hydrogens is 482 g/mol. The molecule has 0 saturated heterocycles. The van der Waals surface area contributed by atoms with Gasteiger partial charge in [0, 0.05) is 25.3 Å². The summed E-state index contributed by atoms with van der Waals surface area (Å²) in [4.78, 5) is 2.12. The Morgan fingerprint density at radius 1 is 0.694 bits per heavy atom. The van der Waals surface area contributed by atoms with Gasteiger partial charge in [-0.05, 0) is 65.1 Å². The van der Waals surface area contributed by atoms with Gasteiger partial charge in [0.1, 0.15) is 5.60 Å². The zero-order valence-corrected chi connectivity index (χ0v) is 19.1. The van der Waals surface area contributed by atoms with E-state index in [0.29, 0.717) is 37.3 Å². The number of rotatable bonds is 5. The molecule has 0 atom stereocenters. The molecule has 0 saturated carbocycles. The summed E-state index contributed by atoms with van der Waals surface area (Å²) >= 11 is 0. The van der Waals surface area contributed by atoms with Crippen LogP contribution in [-0.2, 0) is 24.5 Å². The Hall–Kier alpha value is -3.30. The van der Waals surface area contributed by atoms with Crippen molar-refractivity contribution in [1.82, 2.24) is 4.90 Å². The topological polar surface area (TPSA) is 49.5 Å². The fourth-order valence-electron chi connectivity index (χ4n) is 4.40. The molecule has 3 N–H and O–H groups in total. The average molecular weight is 506 g/mol. The minimum absolute atomic E-state index is 0.147. The van der Waals surface area contributed by atoms with Crippen molar-refractivity contribution in [3.63, 3.8) is 0 Å². The molecule has 0 aliphatic carbocycles. The molecule has 9 heteroatoms. The first-order valence-corrected chi connectivity index (χ1v) is 11.2. The van der Waals surface area contributed by atoms with Gasteiger partial charge in [-0.2, -0.15) is 26.3 Å². The van der Waals surface area contributed by atoms with Crippen LogP contribution in [0.5, 0.6) is 0 Å². The third-order valence-electron chi connectivity index (χ3n) is 6.40. The normalized spacial score (nSPS) is 15.6. The van der Waals surface area contributed by atoms with Crippen molar-refractivity contribution in [2.24, 2.45) is 0 Å². The van der Waals surface area contributed by atoms with Gasteiger partial charge < -0.3 is 10.8 Å². The molecule has 0 aromatic heterocycles. The molecule has 3 nitrogen and oxygen atoms in total. The minimum Gasteiger partial charge on any atom is -0.399 e. The molecule has 1 heterocycles. The van der Waals surface area contributed by atoms with E-state index in [-0.39, 0.29) is 11.1 Å². The number of halogens is 6. The first-order chi connectivity index (χ1) is 16.9. The number of hydrogen-bond donors (Lipinski definition) is 2. The molecule has 3 aromatic carbocycles. The van der Waals surface area contributed by atoms with Crippen molar-refractivity contribution in [2.75, 3.05) is 18.8 Å². The number of anilines is 1. The van der Waals surface area contributed by atoms with Crippen LogP contribution in [0.25, 0.3) is 0 Å². The van der Waals surface area contributed by atoms with E-state index in [2.05, 4.69) is 4.90 Å². The third-order valence-corrected chi connectivity index (χ3v) is 6.40. The lowest BCUT2D eigenvalue weighted by molar-refractivity contribution is -0.138. The van der Waals surface area contributed by atoms with E-state index in [1.807, 2.05) is 12.1 Å². The lowest BCUT2D eigenvalue weighted by Gasteiger charge is -2.37. The number of benzene rings is 3. The van der Waals surface area contributed by atoms with Crippen molar-refractivity contribution in [2.45, 2.75) is 30.9 Å². The SMILES string of the molecule is Nc1ccc(CN2CC=C(C(O)(c3ccc(C(F)(F)F)cc3)c3ccc(C(F)(F)F)cc3)CC2)cc1. The molecule has 0 fully saturated rings. The van der Waals surface area contributed by atoms with Gasteiger partial charge in [0.15, 0.2) is 0 Å². The Balaban J connectivity index is 1.68. The molecule has 4 rings (SSSR count). The Morgan fingerprint density at radius 3 is 1.53 bits per heavy atom. The smallest absolute Gasteiger partial charge is 0.399 e. The molecule has 0 unspecified atom stereocenters. The zero-order chi connectivity index (χ0) is 26.1. The maximum Gasteiger partial charge on any atom is 0.416 e. The van der Waals surface area contributed by atoms with Crippen LogP contribution >= 0.6 is 0 Å². The Kier molecular flexibility index (Phi) is 6.90. The molecule has 0 amide bonds. The maximum absolute atomic E-state index is 13.1. The van der Waals surface area contributed by atoms with Gasteiger partial charge in [0.2, 0.25) is 0 Å². The molecule has 3 aromatic rings. The summed E-state index contributed by atoms with van der Waals surface area (Å²) in [5.74, 6) is 0. The zero-order valence-electron chi connectivity index (χ0n) is 19.1. The lowest BCUT2D eigenvalue weighted by Crippen LogP contribution is -2.37. The van der Waals surface area contributed by atoms with Crippen molar-refractivity contribution in [1.29, 1.82) is 0 Å². The Labute approximate surface area is 204 Å². The standard InChI is InChI=1S/C27H24F6N2O/c28-26(29,30)22-7-3-19(4-8-22)25(36,20-5-9-23(10-6-20)27(31,32)33)21-13-15-35(16-14-21)17-18-1-11-24(34)12-2-18/h1-13,36H,14-17,34H2. The fraction of sp³-hybridized carbons (Fsp3) is 0.259. The van der Waals surface area contributed by atoms with E-state index in [4.69, 9.17) is 5.73 Å². The van der Waals surface area contributed by atoms with Gasteiger partial charge in [-0.25, -0.2) is 0 Å². The van der Waals surface area contributed by atoms with Gasteiger partial charge in [0.05, 0.1) is 11.1 Å². The quantitative estimate of drug-likeness (QED) is 0.240. The summed E-state index contributed by atoms with van der Waals surface area (Å²) < 4.78 is 78.6. The molecule has 1 aliphatic heterocycles. The summed E-state index contributed by atoms with van der Waals surface area (Å²) in [6.45, 7) is 1.62. The van der Waals surface area contributed by atoms with Crippen LogP contribution in [0.2, 0.25) is 0 Å². The summed E-state index contributed by atoms with van der Waals surface area (Å²) in [7, 11) is 0. The Morgan fingerprint density at radius 2 is 1.14 bits per heavy atom. The van der Waals surface area contributed by atoms with Gasteiger partial charge in [0.25, 0.3) is 0 Å². The summed E-state index contributed by atoms with van der Waals surface area (Å²) in [6, 6.07) is 15.5. The van der Waals surface area contributed by atoms with Gasteiger partial charge in [-0.1, -0.05) is 42.5 Å². The highest BCUT2D eigenvalue weighted by atomic mass is 19.4. The van der Waals surface area contributed by atoms with Crippen LogP contribution in [0, 0.1) is 0 Å². The summed E-state index contributed by atoms with van der Waals surface area (Å²) in [6.07, 6.45) is -6.96. The highest BCUT2D eigenvalue weighted by molar-refractivity contribution is 5.47. The second-order valence-electron chi connectivity index (χ2n) is 8.82. The number of nitrogens with zero attached hydrogens (tertiary/aromatic N) is 1. The monoisotopic (exact) mass is 506 g/mol. The molecule has 190 valence electrons. The first-order valence-electron chi connectivity index (χ1n) is 11.2. The molecule has 0 radical (unpaired) electrons. The number of nitrogen functional groups attached to an aromatic ring is 1. The van der Waals surface area contributed by atoms with Crippen molar-refractivity contribution < 1.29 is 31.4 Å². The van der Waals surface area contributed by atoms with Gasteiger partial charge in [-0.15, -0.1) is 0 Å². The molecule has 0 bridgehead atoms. The highest BCUT2D eigenvalue weighted by Gasteiger charge is 2.39. The molecule has 1 aliphatic rings. The molecular formula is C27H24F6N2O. The van der Waals surface area contributed by atoms with Crippen LogP contribution in [0.4, 0.5) is 32.0 Å². The predicted molar refractivity (Wildman–Crippen MR) is 125 cm³/mol. The van der Waals surface area contributed by atoms with E-state index >= 15 is 0 Å². The summed E-state index contributed by atoms with van der Waals surface area (Å²) in [5, 5.41) is 11.9. The maximum atomic E-state index is 13.1. The van der Waals surface area contributed by atoms with Crippen molar-refractivity contribution >= 4 is 5.69 Å². The average Bonchev–Trinajstić information content (AvgIpc) is 2.84. The van der Waals surface area contributed by atoms with E-state index < -0.39 is 29.1 Å². The number of nitrogens with two attached hydrogens (primary N) is 1.